The quantitative estimate of drug-likeness (QED) is 0.643. The number of nitrogens with one attached hydrogen (secondary N) is 1. The van der Waals surface area contributed by atoms with E-state index in [0.717, 1.165) is 3.97 Å². The van der Waals surface area contributed by atoms with E-state index in [0.29, 0.717) is 5.52 Å². The van der Waals surface area contributed by atoms with Crippen LogP contribution in [0, 0.1) is 0 Å². The maximum absolute atomic E-state index is 12.6. The van der Waals surface area contributed by atoms with Crippen LogP contribution >= 0.6 is 11.6 Å². The van der Waals surface area contributed by atoms with Crippen molar-refractivity contribution in [2.24, 2.45) is 0 Å². The van der Waals surface area contributed by atoms with Crippen LogP contribution in [0.25, 0.3) is 11.0 Å². The fraction of sp³-hybridized carbons (Fsp3) is 0.188. The van der Waals surface area contributed by atoms with E-state index < -0.39 is 25.3 Å². The minimum Gasteiger partial charge on any atom is -0.368 e. The third-order valence-electron chi connectivity index (χ3n) is 3.87. The van der Waals surface area contributed by atoms with Gasteiger partial charge in [0.15, 0.2) is 0 Å². The lowest BCUT2D eigenvalue weighted by molar-refractivity contribution is 0.580. The Morgan fingerprint density at radius 2 is 1.78 bits per heavy atom. The van der Waals surface area contributed by atoms with Crippen molar-refractivity contribution in [3.8, 4) is 0 Å². The number of imidazole rings is 1. The zero-order valence-corrected chi connectivity index (χ0v) is 16.8. The number of hydrogen-bond acceptors (Lipinski definition) is 6. The number of rotatable bonds is 5. The lowest BCUT2D eigenvalue weighted by atomic mass is 10.3. The summed E-state index contributed by atoms with van der Waals surface area (Å²) in [7, 11) is -7.74. The normalized spacial score (nSPS) is 12.6. The van der Waals surface area contributed by atoms with Gasteiger partial charge >= 0.3 is 0 Å². The van der Waals surface area contributed by atoms with Crippen molar-refractivity contribution in [3.05, 3.63) is 47.5 Å². The van der Waals surface area contributed by atoms with E-state index in [9.17, 15) is 16.8 Å². The Hall–Kier alpha value is -2.30. The minimum atomic E-state index is -3.96. The van der Waals surface area contributed by atoms with Gasteiger partial charge in [-0.15, -0.1) is 0 Å². The number of sulfonamides is 1. The van der Waals surface area contributed by atoms with Crippen molar-refractivity contribution < 1.29 is 16.8 Å². The van der Waals surface area contributed by atoms with Gasteiger partial charge in [-0.1, -0.05) is 23.7 Å². The smallest absolute Gasteiger partial charge is 0.263 e. The van der Waals surface area contributed by atoms with Crippen LogP contribution in [0.3, 0.4) is 0 Å². The van der Waals surface area contributed by atoms with E-state index in [4.69, 9.17) is 17.3 Å². The third kappa shape index (κ3) is 3.47. The summed E-state index contributed by atoms with van der Waals surface area (Å²) < 4.78 is 53.7. The first-order valence-corrected chi connectivity index (χ1v) is 11.2. The maximum Gasteiger partial charge on any atom is 0.263 e. The fourth-order valence-electron chi connectivity index (χ4n) is 2.49. The van der Waals surface area contributed by atoms with Crippen LogP contribution in [0.5, 0.6) is 0 Å². The number of aromatic nitrogens is 2. The number of fused-ring (bicyclic) bond motifs is 1. The summed E-state index contributed by atoms with van der Waals surface area (Å²) >= 11 is 5.96. The molecule has 0 unspecified atom stereocenters. The molecule has 0 spiro atoms. The molecule has 1 heterocycles. The van der Waals surface area contributed by atoms with Gasteiger partial charge in [-0.25, -0.2) is 25.8 Å². The van der Waals surface area contributed by atoms with E-state index in [-0.39, 0.29) is 27.1 Å². The average Bonchev–Trinajstić information content (AvgIpc) is 2.90. The van der Waals surface area contributed by atoms with Crippen LogP contribution in [-0.2, 0) is 20.0 Å². The van der Waals surface area contributed by atoms with Crippen molar-refractivity contribution >= 4 is 54.3 Å². The second-order valence-electron chi connectivity index (χ2n) is 6.07. The number of nitrogens with zero attached hydrogens (tertiary/aromatic N) is 2. The van der Waals surface area contributed by atoms with E-state index in [2.05, 4.69) is 9.71 Å². The number of halogens is 1. The van der Waals surface area contributed by atoms with Gasteiger partial charge in [-0.2, -0.15) is 0 Å². The molecule has 144 valence electrons. The molecular formula is C16H17ClN4O4S2. The zero-order chi connectivity index (χ0) is 20.0. The first-order chi connectivity index (χ1) is 12.5. The number of anilines is 2. The van der Waals surface area contributed by atoms with Crippen molar-refractivity contribution in [2.45, 2.75) is 24.0 Å². The Labute approximate surface area is 162 Å². The van der Waals surface area contributed by atoms with Crippen molar-refractivity contribution in [1.82, 2.24) is 8.96 Å². The monoisotopic (exact) mass is 428 g/mol. The predicted molar refractivity (Wildman–Crippen MR) is 106 cm³/mol. The third-order valence-corrected chi connectivity index (χ3v) is 7.83. The van der Waals surface area contributed by atoms with Gasteiger partial charge in [0.25, 0.3) is 10.0 Å². The summed E-state index contributed by atoms with van der Waals surface area (Å²) in [6.45, 7) is 3.04. The molecule has 3 N–H and O–H groups in total. The topological polar surface area (TPSA) is 124 Å². The van der Waals surface area contributed by atoms with Crippen LogP contribution in [0.15, 0.2) is 47.4 Å². The first-order valence-electron chi connectivity index (χ1n) is 7.84. The molecule has 3 rings (SSSR count). The fourth-order valence-corrected chi connectivity index (χ4v) is 5.20. The molecule has 2 aromatic carbocycles. The molecule has 0 atom stereocenters. The molecule has 3 aromatic rings. The largest absolute Gasteiger partial charge is 0.368 e. The van der Waals surface area contributed by atoms with Gasteiger partial charge < -0.3 is 5.73 Å². The second-order valence-corrected chi connectivity index (χ2v) is 10.5. The van der Waals surface area contributed by atoms with Crippen LogP contribution in [-0.4, -0.2) is 31.0 Å². The van der Waals surface area contributed by atoms with Crippen molar-refractivity contribution in [1.29, 1.82) is 0 Å². The Morgan fingerprint density at radius 1 is 1.11 bits per heavy atom. The minimum absolute atomic E-state index is 0.0720. The average molecular weight is 429 g/mol. The number of nitrogens with two attached hydrogens (primary N) is 1. The molecule has 0 aliphatic carbocycles. The highest BCUT2D eigenvalue weighted by Crippen LogP contribution is 2.28. The molecule has 0 aliphatic heterocycles. The Kier molecular flexibility index (Phi) is 4.83. The molecular weight excluding hydrogens is 412 g/mol. The van der Waals surface area contributed by atoms with Gasteiger partial charge in [0.05, 0.1) is 27.0 Å². The summed E-state index contributed by atoms with van der Waals surface area (Å²) in [4.78, 5) is 3.95. The Bertz CT molecular complexity index is 1230. The highest BCUT2D eigenvalue weighted by Gasteiger charge is 2.25. The van der Waals surface area contributed by atoms with Crippen LogP contribution < -0.4 is 10.5 Å². The van der Waals surface area contributed by atoms with Gasteiger partial charge in [0, 0.05) is 0 Å². The Morgan fingerprint density at radius 3 is 2.41 bits per heavy atom. The summed E-state index contributed by atoms with van der Waals surface area (Å²) in [6.07, 6.45) is 0. The molecule has 0 bridgehead atoms. The van der Waals surface area contributed by atoms with E-state index in [1.54, 1.807) is 12.1 Å². The summed E-state index contributed by atoms with van der Waals surface area (Å²) in [5.41, 5.74) is 6.45. The highest BCUT2D eigenvalue weighted by atomic mass is 35.5. The van der Waals surface area contributed by atoms with E-state index >= 15 is 0 Å². The summed E-state index contributed by atoms with van der Waals surface area (Å²) in [5.74, 6) is -0.190. The van der Waals surface area contributed by atoms with Gasteiger partial charge in [-0.05, 0) is 44.2 Å². The number of hydrogen-bond donors (Lipinski definition) is 2. The lowest BCUT2D eigenvalue weighted by Crippen LogP contribution is -2.23. The van der Waals surface area contributed by atoms with Gasteiger partial charge in [0.2, 0.25) is 16.0 Å². The molecule has 0 radical (unpaired) electrons. The van der Waals surface area contributed by atoms with Gasteiger partial charge in [0.1, 0.15) is 4.90 Å². The molecule has 1 aromatic heterocycles. The molecule has 0 saturated heterocycles. The second kappa shape index (κ2) is 6.70. The molecule has 11 heteroatoms. The standard InChI is InChI=1S/C16H17ClN4O4S2/c1-10(2)27(24,25)21-14-9-11(7-8-13(14)19-16(21)18)20-26(22,23)15-6-4-3-5-12(15)17/h3-10,20H,1-2H3,(H2,18,19). The molecule has 27 heavy (non-hydrogen) atoms. The van der Waals surface area contributed by atoms with Crippen LogP contribution in [0.2, 0.25) is 5.02 Å². The number of nitrogen functional groups attached to an aromatic ring is 1. The van der Waals surface area contributed by atoms with Crippen LogP contribution in [0.4, 0.5) is 11.6 Å². The molecule has 0 fully saturated rings. The summed E-state index contributed by atoms with van der Waals surface area (Å²) in [5, 5.41) is -0.663. The predicted octanol–water partition coefficient (Wildman–Crippen LogP) is 2.66. The Balaban J connectivity index is 2.12. The van der Waals surface area contributed by atoms with Gasteiger partial charge in [-0.3, -0.25) is 4.72 Å². The van der Waals surface area contributed by atoms with Crippen molar-refractivity contribution in [2.75, 3.05) is 10.5 Å². The highest BCUT2D eigenvalue weighted by molar-refractivity contribution is 7.92. The summed E-state index contributed by atoms with van der Waals surface area (Å²) in [6, 6.07) is 10.3. The SMILES string of the molecule is CC(C)S(=O)(=O)n1c(N)nc2ccc(NS(=O)(=O)c3ccccc3Cl)cc21. The zero-order valence-electron chi connectivity index (χ0n) is 14.4. The van der Waals surface area contributed by atoms with Crippen LogP contribution in [0.1, 0.15) is 13.8 Å². The van der Waals surface area contributed by atoms with Crippen molar-refractivity contribution in [3.63, 3.8) is 0 Å². The lowest BCUT2D eigenvalue weighted by Gasteiger charge is -2.12. The molecule has 0 amide bonds. The number of benzene rings is 2. The maximum atomic E-state index is 12.6. The molecule has 0 aliphatic rings. The first kappa shape index (κ1) is 19.5. The molecule has 8 nitrogen and oxygen atoms in total. The van der Waals surface area contributed by atoms with E-state index in [1.165, 1.54) is 44.2 Å². The van der Waals surface area contributed by atoms with E-state index in [1.807, 2.05) is 0 Å². The molecule has 0 saturated carbocycles.